The van der Waals surface area contributed by atoms with E-state index in [1.165, 1.54) is 5.57 Å². The fourth-order valence-electron chi connectivity index (χ4n) is 1.80. The first-order valence-electron chi connectivity index (χ1n) is 7.57. The predicted octanol–water partition coefficient (Wildman–Crippen LogP) is 5.36. The molecule has 114 valence electrons. The molecule has 0 saturated carbocycles. The number of hydrogen-bond donors (Lipinski definition) is 0. The van der Waals surface area contributed by atoms with Gasteiger partial charge in [0.05, 0.1) is 0 Å². The Kier molecular flexibility index (Phi) is 9.79. The van der Waals surface area contributed by atoms with Crippen LogP contribution in [0.4, 0.5) is 0 Å². The second kappa shape index (κ2) is 10.5. The van der Waals surface area contributed by atoms with Crippen LogP contribution in [0.3, 0.4) is 0 Å². The van der Waals surface area contributed by atoms with Crippen LogP contribution in [-0.4, -0.2) is 11.6 Å². The quantitative estimate of drug-likeness (QED) is 0.305. The van der Waals surface area contributed by atoms with Crippen molar-refractivity contribution in [2.24, 2.45) is 0 Å². The summed E-state index contributed by atoms with van der Waals surface area (Å²) in [7, 11) is 0. The number of carbonyl (C=O) groups excluding carboxylic acids is 1. The van der Waals surface area contributed by atoms with E-state index in [0.29, 0.717) is 6.42 Å². The van der Waals surface area contributed by atoms with Crippen molar-refractivity contribution in [3.8, 4) is 0 Å². The Bertz CT molecular complexity index is 348. The summed E-state index contributed by atoms with van der Waals surface area (Å²) >= 11 is 0. The second-order valence-electron chi connectivity index (χ2n) is 5.58. The van der Waals surface area contributed by atoms with Gasteiger partial charge in [0.15, 0.2) is 0 Å². The monoisotopic (exact) mass is 278 g/mol. The molecule has 1 unspecified atom stereocenters. The van der Waals surface area contributed by atoms with Gasteiger partial charge in [0, 0.05) is 6.42 Å². The molecule has 0 aromatic carbocycles. The van der Waals surface area contributed by atoms with Crippen molar-refractivity contribution in [1.82, 2.24) is 0 Å². The Morgan fingerprint density at radius 3 is 2.50 bits per heavy atom. The molecule has 0 radical (unpaired) electrons. The summed E-state index contributed by atoms with van der Waals surface area (Å²) in [5, 5.41) is 0. The first-order chi connectivity index (χ1) is 9.43. The average molecular weight is 278 g/mol. The molecule has 2 heteroatoms. The van der Waals surface area contributed by atoms with Crippen molar-refractivity contribution >= 4 is 5.97 Å². The van der Waals surface area contributed by atoms with Gasteiger partial charge in [-0.2, -0.15) is 0 Å². The molecule has 0 rings (SSSR count). The molecule has 0 heterocycles. The highest BCUT2D eigenvalue weighted by Crippen LogP contribution is 2.21. The zero-order valence-corrected chi connectivity index (χ0v) is 13.6. The zero-order chi connectivity index (χ0) is 15.4. The van der Waals surface area contributed by atoms with Gasteiger partial charge in [-0.15, -0.1) is 0 Å². The third-order valence-electron chi connectivity index (χ3n) is 3.13. The van der Waals surface area contributed by atoms with Crippen molar-refractivity contribution in [1.29, 1.82) is 0 Å². The summed E-state index contributed by atoms with van der Waals surface area (Å²) in [6.45, 7) is 12.0. The van der Waals surface area contributed by atoms with E-state index in [1.807, 2.05) is 6.92 Å². The molecule has 0 aliphatic rings. The largest absolute Gasteiger partial charge is 0.455 e. The molecule has 0 aliphatic carbocycles. The maximum absolute atomic E-state index is 11.8. The normalized spacial score (nSPS) is 13.8. The maximum atomic E-state index is 11.8. The van der Waals surface area contributed by atoms with Crippen LogP contribution in [0, 0.1) is 0 Å². The lowest BCUT2D eigenvalue weighted by Crippen LogP contribution is -2.29. The fourth-order valence-corrected chi connectivity index (χ4v) is 1.80. The molecule has 0 N–H and O–H groups in total. The minimum absolute atomic E-state index is 0.130. The molecule has 0 bridgehead atoms. The highest BCUT2D eigenvalue weighted by atomic mass is 16.6. The molecule has 0 aromatic heterocycles. The van der Waals surface area contributed by atoms with Gasteiger partial charge >= 0.3 is 5.97 Å². The van der Waals surface area contributed by atoms with Crippen molar-refractivity contribution in [3.63, 3.8) is 0 Å². The van der Waals surface area contributed by atoms with Gasteiger partial charge in [0.25, 0.3) is 0 Å². The van der Waals surface area contributed by atoms with Crippen LogP contribution in [0.15, 0.2) is 36.5 Å². The third-order valence-corrected chi connectivity index (χ3v) is 3.13. The van der Waals surface area contributed by atoms with Gasteiger partial charge in [-0.05, 0) is 59.0 Å². The summed E-state index contributed by atoms with van der Waals surface area (Å²) in [4.78, 5) is 11.8. The lowest BCUT2D eigenvalue weighted by Gasteiger charge is -2.25. The lowest BCUT2D eigenvalue weighted by molar-refractivity contribution is -0.154. The third kappa shape index (κ3) is 9.60. The summed E-state index contributed by atoms with van der Waals surface area (Å²) < 4.78 is 5.57. The molecule has 0 spiro atoms. The SMILES string of the molecule is C=CC(C)(CCC=C(C)C)OC(=O)CCC/C=C\CC. The van der Waals surface area contributed by atoms with E-state index < -0.39 is 5.60 Å². The van der Waals surface area contributed by atoms with Crippen LogP contribution in [0.5, 0.6) is 0 Å². The second-order valence-corrected chi connectivity index (χ2v) is 5.58. The Morgan fingerprint density at radius 2 is 1.95 bits per heavy atom. The van der Waals surface area contributed by atoms with Gasteiger partial charge in [0.1, 0.15) is 5.60 Å². The van der Waals surface area contributed by atoms with E-state index in [9.17, 15) is 4.79 Å². The van der Waals surface area contributed by atoms with Crippen molar-refractivity contribution in [2.75, 3.05) is 0 Å². The molecule has 0 aromatic rings. The van der Waals surface area contributed by atoms with E-state index in [4.69, 9.17) is 4.74 Å². The van der Waals surface area contributed by atoms with Crippen LogP contribution in [-0.2, 0) is 9.53 Å². The van der Waals surface area contributed by atoms with Crippen molar-refractivity contribution in [2.45, 2.75) is 71.8 Å². The van der Waals surface area contributed by atoms with Crippen LogP contribution < -0.4 is 0 Å². The minimum atomic E-state index is -0.553. The van der Waals surface area contributed by atoms with Gasteiger partial charge in [-0.1, -0.05) is 37.3 Å². The van der Waals surface area contributed by atoms with Crippen LogP contribution >= 0.6 is 0 Å². The number of esters is 1. The summed E-state index contributed by atoms with van der Waals surface area (Å²) in [5.41, 5.74) is 0.730. The van der Waals surface area contributed by atoms with E-state index in [0.717, 1.165) is 32.1 Å². The molecule has 1 atom stereocenters. The number of rotatable bonds is 10. The van der Waals surface area contributed by atoms with E-state index in [1.54, 1.807) is 6.08 Å². The molecule has 20 heavy (non-hydrogen) atoms. The predicted molar refractivity (Wildman–Crippen MR) is 86.6 cm³/mol. The van der Waals surface area contributed by atoms with Crippen LogP contribution in [0.25, 0.3) is 0 Å². The highest BCUT2D eigenvalue weighted by Gasteiger charge is 2.23. The fraction of sp³-hybridized carbons (Fsp3) is 0.611. The molecule has 0 fully saturated rings. The Balaban J connectivity index is 4.12. The van der Waals surface area contributed by atoms with E-state index in [2.05, 4.69) is 45.6 Å². The number of allylic oxidation sites excluding steroid dienone is 4. The van der Waals surface area contributed by atoms with Crippen molar-refractivity contribution in [3.05, 3.63) is 36.5 Å². The molecule has 2 nitrogen and oxygen atoms in total. The number of unbranched alkanes of at least 4 members (excludes halogenated alkanes) is 1. The maximum Gasteiger partial charge on any atom is 0.306 e. The summed E-state index contributed by atoms with van der Waals surface area (Å²) in [6.07, 6.45) is 13.1. The summed E-state index contributed by atoms with van der Waals surface area (Å²) in [5.74, 6) is -0.130. The molecule has 0 aliphatic heterocycles. The minimum Gasteiger partial charge on any atom is -0.455 e. The van der Waals surface area contributed by atoms with E-state index >= 15 is 0 Å². The first-order valence-corrected chi connectivity index (χ1v) is 7.57. The first kappa shape index (κ1) is 18.7. The Hall–Kier alpha value is -1.31. The van der Waals surface area contributed by atoms with Gasteiger partial charge in [0.2, 0.25) is 0 Å². The van der Waals surface area contributed by atoms with E-state index in [-0.39, 0.29) is 5.97 Å². The van der Waals surface area contributed by atoms with Crippen LogP contribution in [0.1, 0.15) is 66.2 Å². The lowest BCUT2D eigenvalue weighted by atomic mass is 9.99. The van der Waals surface area contributed by atoms with Crippen molar-refractivity contribution < 1.29 is 9.53 Å². The molecule has 0 saturated heterocycles. The topological polar surface area (TPSA) is 26.3 Å². The summed E-state index contributed by atoms with van der Waals surface area (Å²) in [6, 6.07) is 0. The number of carbonyl (C=O) groups is 1. The smallest absolute Gasteiger partial charge is 0.306 e. The van der Waals surface area contributed by atoms with Crippen LogP contribution in [0.2, 0.25) is 0 Å². The average Bonchev–Trinajstić information content (AvgIpc) is 2.38. The zero-order valence-electron chi connectivity index (χ0n) is 13.6. The Labute approximate surface area is 124 Å². The van der Waals surface area contributed by atoms with Gasteiger partial charge in [-0.3, -0.25) is 4.79 Å². The van der Waals surface area contributed by atoms with Gasteiger partial charge in [-0.25, -0.2) is 0 Å². The molecule has 0 amide bonds. The standard InChI is InChI=1S/C18H30O2/c1-6-8-9-10-11-14-17(19)20-18(5,7-2)15-12-13-16(3)4/h7-9,13H,2,6,10-12,14-15H2,1,3-5H3/b9-8-. The Morgan fingerprint density at radius 1 is 1.25 bits per heavy atom. The molecular weight excluding hydrogens is 248 g/mol. The number of hydrogen-bond acceptors (Lipinski definition) is 2. The van der Waals surface area contributed by atoms with Gasteiger partial charge < -0.3 is 4.74 Å². The highest BCUT2D eigenvalue weighted by molar-refractivity contribution is 5.70. The molecular formula is C18H30O2. The number of ether oxygens (including phenoxy) is 1.